The number of benzene rings is 1. The lowest BCUT2D eigenvalue weighted by Crippen LogP contribution is -2.40. The molecule has 1 aromatic carbocycles. The topological polar surface area (TPSA) is 73.6 Å². The molecule has 1 fully saturated rings. The second-order valence-electron chi connectivity index (χ2n) is 6.17. The van der Waals surface area contributed by atoms with E-state index in [1.807, 2.05) is 32.0 Å². The Balaban J connectivity index is 1.93. The zero-order valence-electron chi connectivity index (χ0n) is 14.1. The number of nitrogens with two attached hydrogens (primary N) is 1. The summed E-state index contributed by atoms with van der Waals surface area (Å²) in [5, 5.41) is 2.90. The van der Waals surface area contributed by atoms with Gasteiger partial charge in [0.05, 0.1) is 12.1 Å². The molecule has 23 heavy (non-hydrogen) atoms. The molecule has 128 valence electrons. The minimum atomic E-state index is -0.443. The standard InChI is InChI=1S/C18H28N2O3/c1-3-5-16(19)18(21)20-11-14-8-7-13(2)10-17(14)23-12-15-6-4-9-22-15/h7-8,10,15-16H,3-6,9,11-12,19H2,1-2H3,(H,20,21). The molecule has 0 aliphatic carbocycles. The van der Waals surface area contributed by atoms with Crippen molar-refractivity contribution >= 4 is 5.91 Å². The van der Waals surface area contributed by atoms with E-state index in [0.29, 0.717) is 19.6 Å². The Kier molecular flexibility index (Phi) is 6.86. The van der Waals surface area contributed by atoms with Gasteiger partial charge in [0.2, 0.25) is 5.91 Å². The van der Waals surface area contributed by atoms with E-state index in [1.54, 1.807) is 0 Å². The van der Waals surface area contributed by atoms with E-state index in [2.05, 4.69) is 5.32 Å². The maximum absolute atomic E-state index is 12.0. The fourth-order valence-electron chi connectivity index (χ4n) is 2.66. The van der Waals surface area contributed by atoms with E-state index in [-0.39, 0.29) is 12.0 Å². The quantitative estimate of drug-likeness (QED) is 0.771. The van der Waals surface area contributed by atoms with Gasteiger partial charge in [0.15, 0.2) is 0 Å². The van der Waals surface area contributed by atoms with Gasteiger partial charge in [0, 0.05) is 18.7 Å². The summed E-state index contributed by atoms with van der Waals surface area (Å²) in [6, 6.07) is 5.57. The van der Waals surface area contributed by atoms with Crippen molar-refractivity contribution in [2.75, 3.05) is 13.2 Å². The molecule has 2 unspecified atom stereocenters. The summed E-state index contributed by atoms with van der Waals surface area (Å²) in [6.45, 7) is 5.85. The maximum Gasteiger partial charge on any atom is 0.237 e. The Hall–Kier alpha value is -1.59. The molecule has 0 radical (unpaired) electrons. The summed E-state index contributed by atoms with van der Waals surface area (Å²) in [4.78, 5) is 12.0. The fourth-order valence-corrected chi connectivity index (χ4v) is 2.66. The van der Waals surface area contributed by atoms with E-state index in [0.717, 1.165) is 42.7 Å². The van der Waals surface area contributed by atoms with Crippen molar-refractivity contribution < 1.29 is 14.3 Å². The molecular weight excluding hydrogens is 292 g/mol. The molecule has 5 heteroatoms. The minimum Gasteiger partial charge on any atom is -0.491 e. The number of aryl methyl sites for hydroxylation is 1. The SMILES string of the molecule is CCCC(N)C(=O)NCc1ccc(C)cc1OCC1CCCO1. The molecule has 5 nitrogen and oxygen atoms in total. The lowest BCUT2D eigenvalue weighted by atomic mass is 10.1. The molecule has 1 aliphatic heterocycles. The minimum absolute atomic E-state index is 0.113. The monoisotopic (exact) mass is 320 g/mol. The van der Waals surface area contributed by atoms with Crippen LogP contribution in [0.4, 0.5) is 0 Å². The molecule has 1 amide bonds. The number of ether oxygens (including phenoxy) is 2. The molecule has 2 atom stereocenters. The number of nitrogens with one attached hydrogen (secondary N) is 1. The van der Waals surface area contributed by atoms with Gasteiger partial charge in [-0.1, -0.05) is 25.5 Å². The van der Waals surface area contributed by atoms with Crippen LogP contribution in [-0.4, -0.2) is 31.3 Å². The van der Waals surface area contributed by atoms with Gasteiger partial charge in [-0.25, -0.2) is 0 Å². The number of carbonyl (C=O) groups is 1. The van der Waals surface area contributed by atoms with Gasteiger partial charge in [-0.15, -0.1) is 0 Å². The molecule has 2 rings (SSSR count). The summed E-state index contributed by atoms with van der Waals surface area (Å²) in [7, 11) is 0. The van der Waals surface area contributed by atoms with Crippen LogP contribution in [0.2, 0.25) is 0 Å². The van der Waals surface area contributed by atoms with E-state index in [4.69, 9.17) is 15.2 Å². The van der Waals surface area contributed by atoms with Crippen molar-refractivity contribution in [2.24, 2.45) is 5.73 Å². The average molecular weight is 320 g/mol. The third kappa shape index (κ3) is 5.52. The Morgan fingerprint density at radius 1 is 1.52 bits per heavy atom. The first-order valence-electron chi connectivity index (χ1n) is 8.47. The van der Waals surface area contributed by atoms with Crippen LogP contribution in [0.1, 0.15) is 43.7 Å². The molecule has 0 aromatic heterocycles. The van der Waals surface area contributed by atoms with Crippen molar-refractivity contribution in [3.63, 3.8) is 0 Å². The number of hydrogen-bond acceptors (Lipinski definition) is 4. The number of amides is 1. The maximum atomic E-state index is 12.0. The fraction of sp³-hybridized carbons (Fsp3) is 0.611. The largest absolute Gasteiger partial charge is 0.491 e. The molecule has 1 aromatic rings. The highest BCUT2D eigenvalue weighted by Gasteiger charge is 2.17. The normalized spacial score (nSPS) is 18.7. The highest BCUT2D eigenvalue weighted by Crippen LogP contribution is 2.22. The van der Waals surface area contributed by atoms with Crippen LogP contribution >= 0.6 is 0 Å². The highest BCUT2D eigenvalue weighted by atomic mass is 16.5. The lowest BCUT2D eigenvalue weighted by Gasteiger charge is -2.17. The first-order valence-corrected chi connectivity index (χ1v) is 8.47. The number of carbonyl (C=O) groups excluding carboxylic acids is 1. The van der Waals surface area contributed by atoms with Gasteiger partial charge < -0.3 is 20.5 Å². The van der Waals surface area contributed by atoms with Crippen molar-refractivity contribution in [2.45, 2.75) is 58.2 Å². The van der Waals surface area contributed by atoms with Gasteiger partial charge in [-0.2, -0.15) is 0 Å². The Morgan fingerprint density at radius 3 is 3.04 bits per heavy atom. The van der Waals surface area contributed by atoms with Crippen molar-refractivity contribution in [1.82, 2.24) is 5.32 Å². The molecular formula is C18H28N2O3. The Bertz CT molecular complexity index is 513. The molecule has 0 saturated carbocycles. The lowest BCUT2D eigenvalue weighted by molar-refractivity contribution is -0.122. The second kappa shape index (κ2) is 8.89. The van der Waals surface area contributed by atoms with E-state index < -0.39 is 6.04 Å². The molecule has 3 N–H and O–H groups in total. The molecule has 1 aliphatic rings. The van der Waals surface area contributed by atoms with Crippen molar-refractivity contribution in [3.05, 3.63) is 29.3 Å². The Morgan fingerprint density at radius 2 is 2.35 bits per heavy atom. The van der Waals surface area contributed by atoms with E-state index in [1.165, 1.54) is 0 Å². The summed E-state index contributed by atoms with van der Waals surface area (Å²) in [5.41, 5.74) is 7.93. The van der Waals surface area contributed by atoms with Gasteiger partial charge in [-0.3, -0.25) is 4.79 Å². The predicted octanol–water partition coefficient (Wildman–Crippen LogP) is 2.30. The average Bonchev–Trinajstić information content (AvgIpc) is 3.05. The number of hydrogen-bond donors (Lipinski definition) is 2. The molecule has 0 spiro atoms. The number of rotatable bonds is 8. The van der Waals surface area contributed by atoms with E-state index in [9.17, 15) is 4.79 Å². The zero-order chi connectivity index (χ0) is 16.7. The van der Waals surface area contributed by atoms with Gasteiger partial charge in [-0.05, 0) is 37.8 Å². The van der Waals surface area contributed by atoms with Crippen molar-refractivity contribution in [3.8, 4) is 5.75 Å². The highest BCUT2D eigenvalue weighted by molar-refractivity contribution is 5.81. The summed E-state index contributed by atoms with van der Waals surface area (Å²) in [5.74, 6) is 0.697. The third-order valence-corrected chi connectivity index (χ3v) is 4.06. The smallest absolute Gasteiger partial charge is 0.237 e. The first-order chi connectivity index (χ1) is 11.1. The van der Waals surface area contributed by atoms with Crippen LogP contribution in [0.25, 0.3) is 0 Å². The summed E-state index contributed by atoms with van der Waals surface area (Å²) < 4.78 is 11.5. The third-order valence-electron chi connectivity index (χ3n) is 4.06. The van der Waals surface area contributed by atoms with Gasteiger partial charge in [0.1, 0.15) is 12.4 Å². The Labute approximate surface area is 138 Å². The van der Waals surface area contributed by atoms with Crippen molar-refractivity contribution in [1.29, 1.82) is 0 Å². The zero-order valence-corrected chi connectivity index (χ0v) is 14.1. The van der Waals surface area contributed by atoms with Gasteiger partial charge in [0.25, 0.3) is 0 Å². The first kappa shape index (κ1) is 17.8. The van der Waals surface area contributed by atoms with Crippen LogP contribution in [0.3, 0.4) is 0 Å². The molecule has 1 heterocycles. The van der Waals surface area contributed by atoms with Crippen LogP contribution in [0.15, 0.2) is 18.2 Å². The van der Waals surface area contributed by atoms with E-state index >= 15 is 0 Å². The second-order valence-corrected chi connectivity index (χ2v) is 6.17. The van der Waals surface area contributed by atoms with Gasteiger partial charge >= 0.3 is 0 Å². The van der Waals surface area contributed by atoms with Crippen LogP contribution in [0.5, 0.6) is 5.75 Å². The summed E-state index contributed by atoms with van der Waals surface area (Å²) >= 11 is 0. The molecule has 0 bridgehead atoms. The van der Waals surface area contributed by atoms with Crippen LogP contribution in [0, 0.1) is 6.92 Å². The summed E-state index contributed by atoms with van der Waals surface area (Å²) in [6.07, 6.45) is 3.91. The van der Waals surface area contributed by atoms with Crippen LogP contribution in [-0.2, 0) is 16.1 Å². The van der Waals surface area contributed by atoms with Crippen LogP contribution < -0.4 is 15.8 Å². The molecule has 1 saturated heterocycles. The predicted molar refractivity (Wildman–Crippen MR) is 90.4 cm³/mol.